The van der Waals surface area contributed by atoms with Crippen LogP contribution in [0.1, 0.15) is 109 Å². The van der Waals surface area contributed by atoms with Crippen molar-refractivity contribution in [2.24, 2.45) is 0 Å². The predicted molar refractivity (Wildman–Crippen MR) is 251 cm³/mol. The van der Waals surface area contributed by atoms with E-state index in [1.165, 1.54) is 89.3 Å². The average molecular weight is 1110 g/mol. The lowest BCUT2D eigenvalue weighted by atomic mass is 10.0. The summed E-state index contributed by atoms with van der Waals surface area (Å²) in [6, 6.07) is 13.3. The van der Waals surface area contributed by atoms with Crippen molar-refractivity contribution in [3.05, 3.63) is 109 Å². The van der Waals surface area contributed by atoms with Gasteiger partial charge in [0.05, 0.1) is 35.4 Å². The third kappa shape index (κ3) is 11.7. The molecule has 3 aliphatic rings. The maximum Gasteiger partial charge on any atom is 0.296 e. The fourth-order valence-electron chi connectivity index (χ4n) is 7.57. The first-order chi connectivity index (χ1) is 25.8. The monoisotopic (exact) mass is 1110 g/mol. The number of fused-ring (bicyclic) bond motifs is 3. The molecule has 0 saturated heterocycles. The number of unbranched alkanes of at least 4 members (excludes halogenated alkanes) is 1. The Morgan fingerprint density at radius 2 is 1.02 bits per heavy atom. The lowest BCUT2D eigenvalue weighted by molar-refractivity contribution is 0.243. The summed E-state index contributed by atoms with van der Waals surface area (Å²) < 4.78 is 44.0. The number of hydrogen-bond donors (Lipinski definition) is 1. The third-order valence-electron chi connectivity index (χ3n) is 10.4. The molecule has 0 fully saturated rings. The summed E-state index contributed by atoms with van der Waals surface area (Å²) >= 11 is 7.03. The van der Waals surface area contributed by atoms with Gasteiger partial charge in [-0.05, 0) is 240 Å². The van der Waals surface area contributed by atoms with Gasteiger partial charge in [0.1, 0.15) is 17.2 Å². The Morgan fingerprint density at radius 3 is 1.49 bits per heavy atom. The van der Waals surface area contributed by atoms with Crippen LogP contribution in [0.2, 0.25) is 0 Å². The lowest BCUT2D eigenvalue weighted by Gasteiger charge is -2.17. The Kier molecular flexibility index (Phi) is 17.9. The van der Waals surface area contributed by atoms with Crippen LogP contribution in [0.25, 0.3) is 0 Å². The van der Waals surface area contributed by atoms with Crippen LogP contribution in [0.4, 0.5) is 0 Å². The highest BCUT2D eigenvalue weighted by molar-refractivity contribution is 14.1. The van der Waals surface area contributed by atoms with E-state index < -0.39 is 10.1 Å². The molecule has 0 aromatic heterocycles. The first kappa shape index (κ1) is 46.1. The van der Waals surface area contributed by atoms with Gasteiger partial charge in [-0.15, -0.1) is 0 Å². The van der Waals surface area contributed by atoms with Crippen molar-refractivity contribution in [3.63, 3.8) is 0 Å². The Balaban J connectivity index is 0.000000203. The number of phenolic OH excluding ortho intramolecular Hbond substituents is 1. The molecule has 300 valence electrons. The maximum atomic E-state index is 11.6. The van der Waals surface area contributed by atoms with E-state index in [0.717, 1.165) is 78.8 Å². The molecule has 0 atom stereocenters. The minimum atomic E-state index is -3.55. The van der Waals surface area contributed by atoms with Crippen molar-refractivity contribution in [1.29, 1.82) is 0 Å². The highest BCUT2D eigenvalue weighted by Gasteiger charge is 2.23. The molecule has 0 saturated carbocycles. The molecule has 0 amide bonds. The first-order valence-electron chi connectivity index (χ1n) is 19.2. The molecule has 10 heteroatoms. The summed E-state index contributed by atoms with van der Waals surface area (Å²) in [6.45, 7) is 12.2. The number of phenols is 1. The summed E-state index contributed by atoms with van der Waals surface area (Å²) in [6.07, 6.45) is 13.2. The van der Waals surface area contributed by atoms with Crippen molar-refractivity contribution in [3.8, 4) is 17.2 Å². The Bertz CT molecular complexity index is 1970. The largest absolute Gasteiger partial charge is 0.507 e. The Hall–Kier alpha value is -1.62. The summed E-state index contributed by atoms with van der Waals surface area (Å²) in [7, 11) is -3.55. The Labute approximate surface area is 371 Å². The topological polar surface area (TPSA) is 82.1 Å². The standard InChI is InChI=1S/C23H26I2O2.C11H16O3S.C10H11IO.CH4/c1-14-12-20(24)22(18-8-3-6-16(14)18)26-10-5-11-27-23-19-9-4-7-17(19)15(2)13-21(23)25;1-3-4-9-14-15(12,13)11-7-5-10(2)6-8-11;1-6-5-9(11)10(12)8-4-2-3-7(6)8;/h12-13H,3-11H2,1-2H3;5-8H,3-4,9H2,1-2H3;5,12H,2-4H2,1H3;1H4. The number of halogens is 3. The van der Waals surface area contributed by atoms with E-state index in [9.17, 15) is 13.5 Å². The van der Waals surface area contributed by atoms with Gasteiger partial charge in [-0.2, -0.15) is 8.42 Å². The molecule has 0 heterocycles. The van der Waals surface area contributed by atoms with Gasteiger partial charge in [-0.25, -0.2) is 0 Å². The summed E-state index contributed by atoms with van der Waals surface area (Å²) in [5.74, 6) is 2.77. The number of rotatable bonds is 11. The molecule has 7 rings (SSSR count). The van der Waals surface area contributed by atoms with Gasteiger partial charge >= 0.3 is 0 Å². The van der Waals surface area contributed by atoms with Gasteiger partial charge in [0.2, 0.25) is 0 Å². The highest BCUT2D eigenvalue weighted by Crippen LogP contribution is 2.39. The second-order valence-electron chi connectivity index (χ2n) is 14.5. The average Bonchev–Trinajstić information content (AvgIpc) is 3.93. The molecule has 1 N–H and O–H groups in total. The van der Waals surface area contributed by atoms with Crippen LogP contribution in [-0.2, 0) is 52.8 Å². The molecule has 55 heavy (non-hydrogen) atoms. The molecule has 0 spiro atoms. The van der Waals surface area contributed by atoms with Crippen molar-refractivity contribution in [2.75, 3.05) is 19.8 Å². The van der Waals surface area contributed by atoms with Crippen LogP contribution in [0, 0.1) is 38.4 Å². The van der Waals surface area contributed by atoms with E-state index in [1.54, 1.807) is 24.3 Å². The number of aryl methyl sites for hydroxylation is 4. The van der Waals surface area contributed by atoms with Gasteiger partial charge < -0.3 is 14.6 Å². The number of hydrogen-bond acceptors (Lipinski definition) is 6. The molecule has 6 nitrogen and oxygen atoms in total. The van der Waals surface area contributed by atoms with Gasteiger partial charge in [0.15, 0.2) is 0 Å². The van der Waals surface area contributed by atoms with Crippen LogP contribution < -0.4 is 9.47 Å². The molecular weight excluding hydrogens is 1050 g/mol. The normalized spacial score (nSPS) is 13.7. The molecule has 0 radical (unpaired) electrons. The second kappa shape index (κ2) is 21.4. The van der Waals surface area contributed by atoms with E-state index in [-0.39, 0.29) is 18.9 Å². The maximum absolute atomic E-state index is 11.6. The minimum Gasteiger partial charge on any atom is -0.507 e. The number of ether oxygens (including phenoxy) is 2. The second-order valence-corrected chi connectivity index (χ2v) is 19.6. The van der Waals surface area contributed by atoms with Crippen LogP contribution in [0.15, 0.2) is 47.4 Å². The van der Waals surface area contributed by atoms with Crippen LogP contribution in [0.5, 0.6) is 17.2 Å². The summed E-state index contributed by atoms with van der Waals surface area (Å²) in [5, 5.41) is 9.74. The smallest absolute Gasteiger partial charge is 0.296 e. The van der Waals surface area contributed by atoms with Gasteiger partial charge in [-0.1, -0.05) is 38.5 Å². The van der Waals surface area contributed by atoms with E-state index in [2.05, 4.69) is 107 Å². The molecule has 3 aliphatic carbocycles. The van der Waals surface area contributed by atoms with E-state index in [1.807, 2.05) is 13.8 Å². The predicted octanol–water partition coefficient (Wildman–Crippen LogP) is 12.3. The fourth-order valence-corrected chi connectivity index (χ4v) is 11.2. The minimum absolute atomic E-state index is 0. The van der Waals surface area contributed by atoms with E-state index in [0.29, 0.717) is 5.75 Å². The third-order valence-corrected chi connectivity index (χ3v) is 14.2. The summed E-state index contributed by atoms with van der Waals surface area (Å²) in [4.78, 5) is 0.226. The van der Waals surface area contributed by atoms with Crippen LogP contribution in [0.3, 0.4) is 0 Å². The SMILES string of the molecule is C.CCCCOS(=O)(=O)c1ccc(C)cc1.Cc1cc(I)c(O)c2c1CCC2.Cc1cc(I)c(OCCCOc2c(I)cc(C)c3c2CCC3)c2c1CCC2. The van der Waals surface area contributed by atoms with Gasteiger partial charge in [0.25, 0.3) is 10.1 Å². The fraction of sp³-hybridized carbons (Fsp3) is 0.467. The van der Waals surface area contributed by atoms with Crippen molar-refractivity contribution < 1.29 is 27.2 Å². The van der Waals surface area contributed by atoms with Crippen molar-refractivity contribution in [1.82, 2.24) is 0 Å². The van der Waals surface area contributed by atoms with E-state index >= 15 is 0 Å². The zero-order valence-corrected chi connectivity index (χ0v) is 39.5. The van der Waals surface area contributed by atoms with Crippen LogP contribution >= 0.6 is 67.8 Å². The van der Waals surface area contributed by atoms with Gasteiger partial charge in [-0.3, -0.25) is 4.18 Å². The zero-order chi connectivity index (χ0) is 39.0. The number of aromatic hydroxyl groups is 1. The van der Waals surface area contributed by atoms with Gasteiger partial charge in [0, 0.05) is 6.42 Å². The molecule has 0 aliphatic heterocycles. The molecule has 4 aromatic rings. The molecule has 0 bridgehead atoms. The summed E-state index contributed by atoms with van der Waals surface area (Å²) in [5.41, 5.74) is 13.7. The Morgan fingerprint density at radius 1 is 0.600 bits per heavy atom. The molecule has 0 unspecified atom stereocenters. The lowest BCUT2D eigenvalue weighted by Crippen LogP contribution is -2.09. The van der Waals surface area contributed by atoms with Crippen LogP contribution in [-0.4, -0.2) is 33.3 Å². The highest BCUT2D eigenvalue weighted by atomic mass is 127. The molecule has 4 aromatic carbocycles. The quantitative estimate of drug-likeness (QED) is 0.0915. The molecular formula is C45H57I3O6S. The van der Waals surface area contributed by atoms with E-state index in [4.69, 9.17) is 13.7 Å². The van der Waals surface area contributed by atoms with Crippen molar-refractivity contribution in [2.45, 2.75) is 124 Å². The van der Waals surface area contributed by atoms with Crippen molar-refractivity contribution >= 4 is 77.9 Å². The first-order valence-corrected chi connectivity index (χ1v) is 23.8. The number of benzene rings is 4. The zero-order valence-electron chi connectivity index (χ0n) is 32.2.